The smallest absolute Gasteiger partial charge is 0.326 e. The van der Waals surface area contributed by atoms with Gasteiger partial charge in [0.15, 0.2) is 6.10 Å². The number of aryl methyl sites for hydroxylation is 1. The predicted octanol–water partition coefficient (Wildman–Crippen LogP) is 2.72. The van der Waals surface area contributed by atoms with Crippen LogP contribution in [-0.2, 0) is 27.2 Å². The van der Waals surface area contributed by atoms with E-state index in [1.54, 1.807) is 12.1 Å². The average Bonchev–Trinajstić information content (AvgIpc) is 2.66. The fourth-order valence-corrected chi connectivity index (χ4v) is 2.45. The highest BCUT2D eigenvalue weighted by atomic mass is 16.5. The number of carbonyl (C=O) groups is 3. The minimum Gasteiger partial charge on any atom is -0.453 e. The Morgan fingerprint density at radius 1 is 0.962 bits per heavy atom. The Morgan fingerprint density at radius 2 is 1.62 bits per heavy atom. The molecule has 1 amide bonds. The number of nitrogens with one attached hydrogen (secondary N) is 1. The minimum absolute atomic E-state index is 0.187. The molecular formula is C21H23NO4. The van der Waals surface area contributed by atoms with Crippen LogP contribution < -0.4 is 5.32 Å². The van der Waals surface area contributed by atoms with Crippen LogP contribution in [0.3, 0.4) is 0 Å². The zero-order chi connectivity index (χ0) is 18.9. The van der Waals surface area contributed by atoms with E-state index in [0.717, 1.165) is 17.5 Å². The summed E-state index contributed by atoms with van der Waals surface area (Å²) in [6.07, 6.45) is 0.176. The van der Waals surface area contributed by atoms with Crippen LogP contribution in [0.15, 0.2) is 54.6 Å². The van der Waals surface area contributed by atoms with Crippen LogP contribution in [-0.4, -0.2) is 30.3 Å². The first-order valence-electron chi connectivity index (χ1n) is 8.63. The zero-order valence-corrected chi connectivity index (χ0v) is 15.0. The third kappa shape index (κ3) is 5.84. The van der Waals surface area contributed by atoms with E-state index in [-0.39, 0.29) is 24.7 Å². The monoisotopic (exact) mass is 353 g/mol. The molecule has 5 nitrogen and oxygen atoms in total. The second-order valence-electron chi connectivity index (χ2n) is 5.99. The number of amides is 1. The summed E-state index contributed by atoms with van der Waals surface area (Å²) in [4.78, 5) is 36.0. The van der Waals surface area contributed by atoms with Gasteiger partial charge in [0.25, 0.3) is 0 Å². The maximum Gasteiger partial charge on any atom is 0.326 e. The molecule has 0 heterocycles. The summed E-state index contributed by atoms with van der Waals surface area (Å²) >= 11 is 0. The largest absolute Gasteiger partial charge is 0.453 e. The van der Waals surface area contributed by atoms with Gasteiger partial charge in [-0.05, 0) is 24.5 Å². The number of hydrogen-bond acceptors (Lipinski definition) is 4. The second-order valence-corrected chi connectivity index (χ2v) is 5.99. The molecule has 2 rings (SSSR count). The normalized spacial score (nSPS) is 11.5. The summed E-state index contributed by atoms with van der Waals surface area (Å²) in [5.41, 5.74) is 2.49. The molecule has 0 bridgehead atoms. The molecule has 1 N–H and O–H groups in total. The number of Topliss-reactive ketones (excluding diaryl/α,β-unsaturated/α-hetero) is 1. The molecule has 0 saturated heterocycles. The van der Waals surface area contributed by atoms with Gasteiger partial charge in [-0.15, -0.1) is 0 Å². The summed E-state index contributed by atoms with van der Waals surface area (Å²) in [6, 6.07) is 16.4. The minimum atomic E-state index is -0.902. The third-order valence-electron chi connectivity index (χ3n) is 3.96. The van der Waals surface area contributed by atoms with E-state index >= 15 is 0 Å². The van der Waals surface area contributed by atoms with Crippen LogP contribution >= 0.6 is 0 Å². The summed E-state index contributed by atoms with van der Waals surface area (Å²) in [6.45, 7) is 3.30. The number of benzene rings is 2. The molecule has 5 heteroatoms. The lowest BCUT2D eigenvalue weighted by Crippen LogP contribution is -2.34. The van der Waals surface area contributed by atoms with Crippen molar-refractivity contribution < 1.29 is 19.1 Å². The Bertz CT molecular complexity index is 753. The van der Waals surface area contributed by atoms with Gasteiger partial charge < -0.3 is 10.1 Å². The molecule has 0 aromatic heterocycles. The molecule has 0 fully saturated rings. The van der Waals surface area contributed by atoms with E-state index in [1.165, 1.54) is 6.92 Å². The van der Waals surface area contributed by atoms with Crippen molar-refractivity contribution in [2.75, 3.05) is 6.54 Å². The van der Waals surface area contributed by atoms with E-state index in [9.17, 15) is 14.4 Å². The van der Waals surface area contributed by atoms with Gasteiger partial charge in [-0.3, -0.25) is 14.4 Å². The molecule has 0 saturated carbocycles. The Morgan fingerprint density at radius 3 is 2.23 bits per heavy atom. The molecule has 0 aliphatic heterocycles. The Kier molecular flexibility index (Phi) is 7.09. The molecule has 0 aliphatic rings. The Hall–Kier alpha value is -2.95. The molecule has 2 aromatic rings. The lowest BCUT2D eigenvalue weighted by Gasteiger charge is -2.13. The first-order valence-corrected chi connectivity index (χ1v) is 8.63. The third-order valence-corrected chi connectivity index (χ3v) is 3.96. The van der Waals surface area contributed by atoms with E-state index < -0.39 is 12.1 Å². The van der Waals surface area contributed by atoms with Crippen molar-refractivity contribution in [1.82, 2.24) is 5.32 Å². The van der Waals surface area contributed by atoms with Crippen molar-refractivity contribution in [1.29, 1.82) is 0 Å². The van der Waals surface area contributed by atoms with Gasteiger partial charge >= 0.3 is 5.97 Å². The van der Waals surface area contributed by atoms with Gasteiger partial charge in [0, 0.05) is 5.56 Å². The van der Waals surface area contributed by atoms with Crippen LogP contribution in [0, 0.1) is 0 Å². The van der Waals surface area contributed by atoms with Gasteiger partial charge in [0.1, 0.15) is 6.54 Å². The average molecular weight is 353 g/mol. The molecule has 136 valence electrons. The number of esters is 1. The fraction of sp³-hybridized carbons (Fsp3) is 0.286. The molecular weight excluding hydrogens is 330 g/mol. The van der Waals surface area contributed by atoms with Crippen LogP contribution in [0.5, 0.6) is 0 Å². The van der Waals surface area contributed by atoms with Crippen molar-refractivity contribution in [2.24, 2.45) is 0 Å². The summed E-state index contributed by atoms with van der Waals surface area (Å²) < 4.78 is 5.12. The van der Waals surface area contributed by atoms with Gasteiger partial charge in [0.05, 0.1) is 6.42 Å². The fourth-order valence-electron chi connectivity index (χ4n) is 2.45. The number of rotatable bonds is 8. The van der Waals surface area contributed by atoms with Gasteiger partial charge in [-0.25, -0.2) is 0 Å². The van der Waals surface area contributed by atoms with Crippen molar-refractivity contribution >= 4 is 17.7 Å². The zero-order valence-electron chi connectivity index (χ0n) is 15.0. The van der Waals surface area contributed by atoms with Gasteiger partial charge in [-0.2, -0.15) is 0 Å². The summed E-state index contributed by atoms with van der Waals surface area (Å²) in [5, 5.41) is 2.51. The van der Waals surface area contributed by atoms with E-state index in [4.69, 9.17) is 4.74 Å². The van der Waals surface area contributed by atoms with Crippen molar-refractivity contribution in [3.05, 3.63) is 71.3 Å². The number of ether oxygens (including phenoxy) is 1. The first-order chi connectivity index (χ1) is 12.5. The highest BCUT2D eigenvalue weighted by molar-refractivity contribution is 6.00. The predicted molar refractivity (Wildman–Crippen MR) is 98.9 cm³/mol. The number of hydrogen-bond donors (Lipinski definition) is 1. The lowest BCUT2D eigenvalue weighted by atomic mass is 10.0. The summed E-state index contributed by atoms with van der Waals surface area (Å²) in [7, 11) is 0. The highest BCUT2D eigenvalue weighted by Crippen LogP contribution is 2.09. The number of carbonyl (C=O) groups excluding carboxylic acids is 3. The van der Waals surface area contributed by atoms with Gasteiger partial charge in [0.2, 0.25) is 11.7 Å². The molecule has 2 aromatic carbocycles. The van der Waals surface area contributed by atoms with Crippen molar-refractivity contribution in [3.63, 3.8) is 0 Å². The molecule has 0 radical (unpaired) electrons. The molecule has 1 atom stereocenters. The van der Waals surface area contributed by atoms with E-state index in [1.807, 2.05) is 49.4 Å². The topological polar surface area (TPSA) is 72.5 Å². The highest BCUT2D eigenvalue weighted by Gasteiger charge is 2.19. The first kappa shape index (κ1) is 19.4. The van der Waals surface area contributed by atoms with Crippen molar-refractivity contribution in [3.8, 4) is 0 Å². The van der Waals surface area contributed by atoms with Crippen LogP contribution in [0.1, 0.15) is 35.3 Å². The van der Waals surface area contributed by atoms with Crippen LogP contribution in [0.25, 0.3) is 0 Å². The SMILES string of the molecule is CCc1ccc(C(=O)C(C)OC(=O)CNC(=O)Cc2ccccc2)cc1. The van der Waals surface area contributed by atoms with Crippen molar-refractivity contribution in [2.45, 2.75) is 32.8 Å². The van der Waals surface area contributed by atoms with E-state index in [0.29, 0.717) is 5.56 Å². The van der Waals surface area contributed by atoms with Crippen LogP contribution in [0.2, 0.25) is 0 Å². The maximum absolute atomic E-state index is 12.3. The molecule has 1 unspecified atom stereocenters. The quantitative estimate of drug-likeness (QED) is 0.585. The lowest BCUT2D eigenvalue weighted by molar-refractivity contribution is -0.146. The Balaban J connectivity index is 1.78. The summed E-state index contributed by atoms with van der Waals surface area (Å²) in [5.74, 6) is -1.18. The Labute approximate surface area is 153 Å². The standard InChI is InChI=1S/C21H23NO4/c1-3-16-9-11-18(12-10-16)21(25)15(2)26-20(24)14-22-19(23)13-17-7-5-4-6-8-17/h4-12,15H,3,13-14H2,1-2H3,(H,22,23). The molecule has 0 aliphatic carbocycles. The maximum atomic E-state index is 12.3. The van der Waals surface area contributed by atoms with Gasteiger partial charge in [-0.1, -0.05) is 61.5 Å². The molecule has 0 spiro atoms. The second kappa shape index (κ2) is 9.51. The number of ketones is 1. The van der Waals surface area contributed by atoms with E-state index in [2.05, 4.69) is 5.32 Å². The van der Waals surface area contributed by atoms with Crippen LogP contribution in [0.4, 0.5) is 0 Å². The molecule has 26 heavy (non-hydrogen) atoms.